The molecule has 0 radical (unpaired) electrons. The van der Waals surface area contributed by atoms with Crippen molar-refractivity contribution in [2.75, 3.05) is 6.54 Å². The molecule has 0 spiro atoms. The van der Waals surface area contributed by atoms with Crippen molar-refractivity contribution < 1.29 is 22.4 Å². The number of hydrogen-bond acceptors (Lipinski definition) is 4. The quantitative estimate of drug-likeness (QED) is 0.313. The second kappa shape index (κ2) is 13.2. The maximum absolute atomic E-state index is 13.8. The molecule has 1 saturated carbocycles. The molecule has 0 aliphatic heterocycles. The molecule has 1 unspecified atom stereocenters. The van der Waals surface area contributed by atoms with Crippen LogP contribution in [0.3, 0.4) is 0 Å². The standard InChI is InChI=1S/C31H36FN3O4S/c1-22(2)20-33-31(37)30(25-6-4-3-5-7-25)35(21-24-8-13-26(32)14-9-24)29(36)19-12-23-10-17-28(18-11-23)40(38,39)34-27-15-16-27/h3-11,13-14,17-18,22,27,30,34H,12,15-16,19-21H2,1-2H3,(H,33,37). The summed E-state index contributed by atoms with van der Waals surface area (Å²) in [7, 11) is -3.56. The molecule has 0 bridgehead atoms. The summed E-state index contributed by atoms with van der Waals surface area (Å²) in [6.07, 6.45) is 2.18. The third-order valence-electron chi connectivity index (χ3n) is 6.71. The van der Waals surface area contributed by atoms with E-state index in [1.807, 2.05) is 44.2 Å². The molecular weight excluding hydrogens is 529 g/mol. The van der Waals surface area contributed by atoms with E-state index in [0.717, 1.165) is 18.4 Å². The van der Waals surface area contributed by atoms with Gasteiger partial charge in [0.1, 0.15) is 11.9 Å². The highest BCUT2D eigenvalue weighted by atomic mass is 32.2. The number of nitrogens with one attached hydrogen (secondary N) is 2. The van der Waals surface area contributed by atoms with Gasteiger partial charge in [0, 0.05) is 25.6 Å². The smallest absolute Gasteiger partial charge is 0.247 e. The molecule has 4 rings (SSSR count). The molecule has 9 heteroatoms. The second-order valence-electron chi connectivity index (χ2n) is 10.6. The monoisotopic (exact) mass is 565 g/mol. The zero-order chi connectivity index (χ0) is 28.7. The van der Waals surface area contributed by atoms with Crippen LogP contribution in [0.2, 0.25) is 0 Å². The Balaban J connectivity index is 1.55. The van der Waals surface area contributed by atoms with Crippen LogP contribution in [0.15, 0.2) is 83.8 Å². The van der Waals surface area contributed by atoms with E-state index in [2.05, 4.69) is 10.0 Å². The number of benzene rings is 3. The lowest BCUT2D eigenvalue weighted by Crippen LogP contribution is -2.44. The van der Waals surface area contributed by atoms with Crippen LogP contribution in [-0.2, 0) is 32.6 Å². The topological polar surface area (TPSA) is 95.6 Å². The molecule has 2 N–H and O–H groups in total. The largest absolute Gasteiger partial charge is 0.354 e. The highest BCUT2D eigenvalue weighted by molar-refractivity contribution is 7.89. The number of nitrogens with zero attached hydrogens (tertiary/aromatic N) is 1. The van der Waals surface area contributed by atoms with Gasteiger partial charge in [-0.3, -0.25) is 9.59 Å². The van der Waals surface area contributed by atoms with Gasteiger partial charge in [0.05, 0.1) is 4.90 Å². The first-order valence-electron chi connectivity index (χ1n) is 13.6. The van der Waals surface area contributed by atoms with Crippen molar-refractivity contribution in [3.8, 4) is 0 Å². The molecule has 1 atom stereocenters. The predicted molar refractivity (Wildman–Crippen MR) is 152 cm³/mol. The Morgan fingerprint density at radius 1 is 0.925 bits per heavy atom. The summed E-state index contributed by atoms with van der Waals surface area (Å²) in [5.41, 5.74) is 2.18. The fraction of sp³-hybridized carbons (Fsp3) is 0.355. The molecule has 1 fully saturated rings. The minimum Gasteiger partial charge on any atom is -0.354 e. The van der Waals surface area contributed by atoms with Crippen LogP contribution >= 0.6 is 0 Å². The van der Waals surface area contributed by atoms with Gasteiger partial charge in [0.25, 0.3) is 0 Å². The van der Waals surface area contributed by atoms with E-state index in [9.17, 15) is 22.4 Å². The van der Waals surface area contributed by atoms with E-state index in [1.54, 1.807) is 36.4 Å². The minimum atomic E-state index is -3.56. The van der Waals surface area contributed by atoms with Crippen LogP contribution in [0.4, 0.5) is 4.39 Å². The van der Waals surface area contributed by atoms with Crippen molar-refractivity contribution in [3.05, 3.63) is 101 Å². The summed E-state index contributed by atoms with van der Waals surface area (Å²) in [5, 5.41) is 2.97. The molecule has 3 aromatic carbocycles. The summed E-state index contributed by atoms with van der Waals surface area (Å²) in [6.45, 7) is 4.58. The molecule has 212 valence electrons. The molecule has 3 aromatic rings. The van der Waals surface area contributed by atoms with Crippen LogP contribution in [0.5, 0.6) is 0 Å². The fourth-order valence-electron chi connectivity index (χ4n) is 4.34. The number of sulfonamides is 1. The van der Waals surface area contributed by atoms with Gasteiger partial charge in [0.2, 0.25) is 21.8 Å². The summed E-state index contributed by atoms with van der Waals surface area (Å²) in [6, 6.07) is 20.7. The van der Waals surface area contributed by atoms with Gasteiger partial charge in [-0.15, -0.1) is 0 Å². The SMILES string of the molecule is CC(C)CNC(=O)C(c1ccccc1)N(Cc1ccc(F)cc1)C(=O)CCc1ccc(S(=O)(=O)NC2CC2)cc1. The summed E-state index contributed by atoms with van der Waals surface area (Å²) in [5.74, 6) is -0.681. The normalized spacial score (nSPS) is 14.1. The summed E-state index contributed by atoms with van der Waals surface area (Å²) >= 11 is 0. The molecule has 40 heavy (non-hydrogen) atoms. The van der Waals surface area contributed by atoms with E-state index < -0.39 is 16.1 Å². The molecule has 1 aliphatic carbocycles. The van der Waals surface area contributed by atoms with Crippen molar-refractivity contribution >= 4 is 21.8 Å². The average Bonchev–Trinajstić information content (AvgIpc) is 3.75. The third kappa shape index (κ3) is 8.22. The number of hydrogen-bond donors (Lipinski definition) is 2. The fourth-order valence-corrected chi connectivity index (χ4v) is 5.64. The third-order valence-corrected chi connectivity index (χ3v) is 8.24. The Labute approximate surface area is 235 Å². The highest BCUT2D eigenvalue weighted by Crippen LogP contribution is 2.26. The Kier molecular flexibility index (Phi) is 9.71. The molecule has 0 heterocycles. The number of rotatable bonds is 13. The van der Waals surface area contributed by atoms with Crippen molar-refractivity contribution in [2.45, 2.75) is 63.1 Å². The van der Waals surface area contributed by atoms with Crippen LogP contribution in [0.1, 0.15) is 55.8 Å². The van der Waals surface area contributed by atoms with Gasteiger partial charge in [-0.25, -0.2) is 17.5 Å². The minimum absolute atomic E-state index is 0.0182. The zero-order valence-corrected chi connectivity index (χ0v) is 23.7. The number of amides is 2. The number of halogens is 1. The van der Waals surface area contributed by atoms with Gasteiger partial charge in [-0.1, -0.05) is 68.4 Å². The Morgan fingerprint density at radius 2 is 1.55 bits per heavy atom. The second-order valence-corrected chi connectivity index (χ2v) is 12.4. The lowest BCUT2D eigenvalue weighted by molar-refractivity contribution is -0.141. The number of carbonyl (C=O) groups excluding carboxylic acids is 2. The highest BCUT2D eigenvalue weighted by Gasteiger charge is 2.31. The van der Waals surface area contributed by atoms with Gasteiger partial charge >= 0.3 is 0 Å². The van der Waals surface area contributed by atoms with Crippen molar-refractivity contribution in [1.29, 1.82) is 0 Å². The lowest BCUT2D eigenvalue weighted by atomic mass is 10.0. The molecule has 0 saturated heterocycles. The Morgan fingerprint density at radius 3 is 2.15 bits per heavy atom. The molecule has 0 aromatic heterocycles. The van der Waals surface area contributed by atoms with E-state index in [1.165, 1.54) is 17.0 Å². The zero-order valence-electron chi connectivity index (χ0n) is 22.8. The maximum atomic E-state index is 13.8. The van der Waals surface area contributed by atoms with Crippen LogP contribution < -0.4 is 10.0 Å². The maximum Gasteiger partial charge on any atom is 0.247 e. The Bertz CT molecular complexity index is 1390. The number of carbonyl (C=O) groups is 2. The van der Waals surface area contributed by atoms with E-state index in [-0.39, 0.29) is 47.5 Å². The van der Waals surface area contributed by atoms with E-state index in [4.69, 9.17) is 0 Å². The van der Waals surface area contributed by atoms with Crippen LogP contribution in [0.25, 0.3) is 0 Å². The predicted octanol–water partition coefficient (Wildman–Crippen LogP) is 4.74. The molecule has 7 nitrogen and oxygen atoms in total. The first kappa shape index (κ1) is 29.4. The molecule has 2 amide bonds. The van der Waals surface area contributed by atoms with Crippen molar-refractivity contribution in [2.24, 2.45) is 5.92 Å². The van der Waals surface area contributed by atoms with Gasteiger partial charge < -0.3 is 10.2 Å². The van der Waals surface area contributed by atoms with Gasteiger partial charge in [-0.2, -0.15) is 0 Å². The Hall–Kier alpha value is -3.56. The van der Waals surface area contributed by atoms with Gasteiger partial charge in [-0.05, 0) is 66.1 Å². The lowest BCUT2D eigenvalue weighted by Gasteiger charge is -2.32. The van der Waals surface area contributed by atoms with Crippen molar-refractivity contribution in [3.63, 3.8) is 0 Å². The summed E-state index contributed by atoms with van der Waals surface area (Å²) < 4.78 is 41.2. The number of aryl methyl sites for hydroxylation is 1. The van der Waals surface area contributed by atoms with Crippen molar-refractivity contribution in [1.82, 2.24) is 14.9 Å². The van der Waals surface area contributed by atoms with Crippen LogP contribution in [0, 0.1) is 11.7 Å². The van der Waals surface area contributed by atoms with E-state index in [0.29, 0.717) is 24.1 Å². The van der Waals surface area contributed by atoms with Gasteiger partial charge in [0.15, 0.2) is 0 Å². The first-order chi connectivity index (χ1) is 19.1. The molecule has 1 aliphatic rings. The molecular formula is C31H36FN3O4S. The summed E-state index contributed by atoms with van der Waals surface area (Å²) in [4.78, 5) is 29.0. The van der Waals surface area contributed by atoms with Crippen LogP contribution in [-0.4, -0.2) is 37.7 Å². The van der Waals surface area contributed by atoms with E-state index >= 15 is 0 Å². The average molecular weight is 566 g/mol. The first-order valence-corrected chi connectivity index (χ1v) is 15.1.